The molecule has 0 unspecified atom stereocenters. The Bertz CT molecular complexity index is 635. The molecule has 26 heavy (non-hydrogen) atoms. The number of thioether (sulfide) groups is 1. The number of hydrogen-bond acceptors (Lipinski definition) is 4. The first-order chi connectivity index (χ1) is 12.4. The number of nitrogens with zero attached hydrogens (tertiary/aromatic N) is 2. The Morgan fingerprint density at radius 2 is 1.65 bits per heavy atom. The highest BCUT2D eigenvalue weighted by molar-refractivity contribution is 7.99. The van der Waals surface area contributed by atoms with Crippen molar-refractivity contribution in [1.29, 1.82) is 0 Å². The fourth-order valence-corrected chi connectivity index (χ4v) is 4.00. The van der Waals surface area contributed by atoms with Gasteiger partial charge in [0.1, 0.15) is 0 Å². The molecule has 142 valence electrons. The minimum atomic E-state index is -0.125. The molecule has 1 aliphatic carbocycles. The van der Waals surface area contributed by atoms with E-state index in [1.807, 2.05) is 36.1 Å². The molecule has 1 aromatic carbocycles. The second-order valence-corrected chi connectivity index (χ2v) is 9.13. The molecule has 3 rings (SSSR count). The zero-order valence-electron chi connectivity index (χ0n) is 15.9. The fraction of sp³-hybridized carbons (Fsp3) is 0.600. The number of rotatable bonds is 6. The van der Waals surface area contributed by atoms with Crippen LogP contribution in [0.3, 0.4) is 0 Å². The Morgan fingerprint density at radius 3 is 2.19 bits per heavy atom. The van der Waals surface area contributed by atoms with Crippen LogP contribution in [0.4, 0.5) is 0 Å². The standard InChI is InChI=1S/C20H29N3O2S/c1-14(2)26-18-8-4-16(5-9-18)20(25)23-12-10-22(11-13-23)15(3)19(24)21-17-6-7-17/h4-5,8-9,14-15,17H,6-7,10-13H2,1-3H3,(H,21,24)/t15-/m1/s1. The van der Waals surface area contributed by atoms with E-state index >= 15 is 0 Å². The van der Waals surface area contributed by atoms with Crippen LogP contribution in [-0.4, -0.2) is 65.1 Å². The van der Waals surface area contributed by atoms with Crippen LogP contribution in [0.1, 0.15) is 44.0 Å². The predicted molar refractivity (Wildman–Crippen MR) is 106 cm³/mol. The first kappa shape index (κ1) is 19.2. The summed E-state index contributed by atoms with van der Waals surface area (Å²) in [5.41, 5.74) is 0.742. The molecular weight excluding hydrogens is 346 g/mol. The quantitative estimate of drug-likeness (QED) is 0.777. The Kier molecular flexibility index (Phi) is 6.24. The van der Waals surface area contributed by atoms with Crippen LogP contribution in [0.5, 0.6) is 0 Å². The topological polar surface area (TPSA) is 52.7 Å². The highest BCUT2D eigenvalue weighted by Gasteiger charge is 2.31. The van der Waals surface area contributed by atoms with E-state index in [1.165, 1.54) is 4.90 Å². The molecule has 5 nitrogen and oxygen atoms in total. The lowest BCUT2D eigenvalue weighted by Gasteiger charge is -2.37. The highest BCUT2D eigenvalue weighted by Crippen LogP contribution is 2.23. The molecule has 2 amide bonds. The van der Waals surface area contributed by atoms with Crippen LogP contribution >= 0.6 is 11.8 Å². The van der Waals surface area contributed by atoms with Crippen molar-refractivity contribution in [3.63, 3.8) is 0 Å². The van der Waals surface area contributed by atoms with Crippen molar-refractivity contribution in [3.8, 4) is 0 Å². The molecule has 0 spiro atoms. The molecule has 1 heterocycles. The second-order valence-electron chi connectivity index (χ2n) is 7.48. The van der Waals surface area contributed by atoms with Gasteiger partial charge < -0.3 is 10.2 Å². The summed E-state index contributed by atoms with van der Waals surface area (Å²) in [5.74, 6) is 0.200. The van der Waals surface area contributed by atoms with Crippen LogP contribution in [0.15, 0.2) is 29.2 Å². The molecule has 1 N–H and O–H groups in total. The van der Waals surface area contributed by atoms with E-state index in [-0.39, 0.29) is 17.9 Å². The summed E-state index contributed by atoms with van der Waals surface area (Å²) in [6.45, 7) is 9.11. The lowest BCUT2D eigenvalue weighted by Crippen LogP contribution is -2.55. The number of carbonyl (C=O) groups is 2. The van der Waals surface area contributed by atoms with Crippen LogP contribution in [0.2, 0.25) is 0 Å². The Hall–Kier alpha value is -1.53. The minimum absolute atomic E-state index is 0.0841. The van der Waals surface area contributed by atoms with Crippen LogP contribution in [-0.2, 0) is 4.79 Å². The molecule has 1 saturated carbocycles. The van der Waals surface area contributed by atoms with Gasteiger partial charge in [0.2, 0.25) is 5.91 Å². The SMILES string of the molecule is CC(C)Sc1ccc(C(=O)N2CCN([C@H](C)C(=O)NC3CC3)CC2)cc1. The van der Waals surface area contributed by atoms with E-state index in [2.05, 4.69) is 24.1 Å². The van der Waals surface area contributed by atoms with E-state index in [0.29, 0.717) is 24.4 Å². The molecular formula is C20H29N3O2S. The number of carbonyl (C=O) groups excluding carboxylic acids is 2. The van der Waals surface area contributed by atoms with Gasteiger partial charge in [0, 0.05) is 47.9 Å². The molecule has 1 aliphatic heterocycles. The maximum absolute atomic E-state index is 12.7. The first-order valence-corrected chi connectivity index (χ1v) is 10.4. The monoisotopic (exact) mass is 375 g/mol. The molecule has 0 radical (unpaired) electrons. The summed E-state index contributed by atoms with van der Waals surface area (Å²) in [5, 5.41) is 3.60. The van der Waals surface area contributed by atoms with Gasteiger partial charge in [-0.1, -0.05) is 13.8 Å². The molecule has 0 aromatic heterocycles. The maximum Gasteiger partial charge on any atom is 0.253 e. The first-order valence-electron chi connectivity index (χ1n) is 9.54. The third-order valence-electron chi connectivity index (χ3n) is 4.93. The Morgan fingerprint density at radius 1 is 1.04 bits per heavy atom. The van der Waals surface area contributed by atoms with Crippen LogP contribution in [0, 0.1) is 0 Å². The highest BCUT2D eigenvalue weighted by atomic mass is 32.2. The molecule has 2 fully saturated rings. The molecule has 6 heteroatoms. The summed E-state index contributed by atoms with van der Waals surface area (Å²) >= 11 is 1.80. The van der Waals surface area contributed by atoms with Crippen LogP contribution < -0.4 is 5.32 Å². The second kappa shape index (κ2) is 8.44. The normalized spacial score (nSPS) is 19.5. The van der Waals surface area contributed by atoms with Gasteiger partial charge in [-0.15, -0.1) is 11.8 Å². The molecule has 2 aliphatic rings. The van der Waals surface area contributed by atoms with E-state index in [1.54, 1.807) is 11.8 Å². The van der Waals surface area contributed by atoms with Crippen molar-refractivity contribution in [2.24, 2.45) is 0 Å². The van der Waals surface area contributed by atoms with Gasteiger partial charge in [0.05, 0.1) is 6.04 Å². The molecule has 0 bridgehead atoms. The average molecular weight is 376 g/mol. The van der Waals surface area contributed by atoms with Crippen molar-refractivity contribution in [2.75, 3.05) is 26.2 Å². The summed E-state index contributed by atoms with van der Waals surface area (Å²) in [6.07, 6.45) is 2.21. The van der Waals surface area contributed by atoms with E-state index < -0.39 is 0 Å². The number of piperazine rings is 1. The predicted octanol–water partition coefficient (Wildman–Crippen LogP) is 2.61. The van der Waals surface area contributed by atoms with Gasteiger partial charge in [-0.3, -0.25) is 14.5 Å². The lowest BCUT2D eigenvalue weighted by molar-refractivity contribution is -0.126. The number of benzene rings is 1. The molecule has 1 saturated heterocycles. The van der Waals surface area contributed by atoms with Gasteiger partial charge in [0.25, 0.3) is 5.91 Å². The summed E-state index contributed by atoms with van der Waals surface area (Å²) in [4.78, 5) is 30.2. The smallest absolute Gasteiger partial charge is 0.253 e. The van der Waals surface area contributed by atoms with Crippen molar-refractivity contribution >= 4 is 23.6 Å². The van der Waals surface area contributed by atoms with Gasteiger partial charge in [-0.05, 0) is 44.0 Å². The number of hydrogen-bond donors (Lipinski definition) is 1. The summed E-state index contributed by atoms with van der Waals surface area (Å²) in [6, 6.07) is 8.16. The Labute approximate surface area is 160 Å². The summed E-state index contributed by atoms with van der Waals surface area (Å²) < 4.78 is 0. The van der Waals surface area contributed by atoms with Crippen molar-refractivity contribution in [3.05, 3.63) is 29.8 Å². The van der Waals surface area contributed by atoms with Crippen molar-refractivity contribution < 1.29 is 9.59 Å². The molecule has 1 aromatic rings. The number of amides is 2. The van der Waals surface area contributed by atoms with Gasteiger partial charge in [0.15, 0.2) is 0 Å². The van der Waals surface area contributed by atoms with Crippen LogP contribution in [0.25, 0.3) is 0 Å². The van der Waals surface area contributed by atoms with Gasteiger partial charge in [-0.25, -0.2) is 0 Å². The van der Waals surface area contributed by atoms with Crippen molar-refractivity contribution in [2.45, 2.75) is 55.8 Å². The lowest BCUT2D eigenvalue weighted by atomic mass is 10.1. The van der Waals surface area contributed by atoms with E-state index in [9.17, 15) is 9.59 Å². The van der Waals surface area contributed by atoms with Gasteiger partial charge >= 0.3 is 0 Å². The minimum Gasteiger partial charge on any atom is -0.352 e. The average Bonchev–Trinajstić information content (AvgIpc) is 3.45. The molecule has 1 atom stereocenters. The van der Waals surface area contributed by atoms with E-state index in [4.69, 9.17) is 0 Å². The third kappa shape index (κ3) is 5.01. The van der Waals surface area contributed by atoms with E-state index in [0.717, 1.165) is 31.5 Å². The third-order valence-corrected chi connectivity index (χ3v) is 5.94. The number of nitrogens with one attached hydrogen (secondary N) is 1. The largest absolute Gasteiger partial charge is 0.352 e. The zero-order valence-corrected chi connectivity index (χ0v) is 16.7. The fourth-order valence-electron chi connectivity index (χ4n) is 3.16. The maximum atomic E-state index is 12.7. The Balaban J connectivity index is 1.50. The summed E-state index contributed by atoms with van der Waals surface area (Å²) in [7, 11) is 0. The zero-order chi connectivity index (χ0) is 18.7. The van der Waals surface area contributed by atoms with Crippen molar-refractivity contribution in [1.82, 2.24) is 15.1 Å². The van der Waals surface area contributed by atoms with Gasteiger partial charge in [-0.2, -0.15) is 0 Å².